The quantitative estimate of drug-likeness (QED) is 0.429. The molecule has 3 nitrogen and oxygen atoms in total. The molecule has 0 saturated heterocycles. The number of hydrogen-bond donors (Lipinski definition) is 1. The highest BCUT2D eigenvalue weighted by Gasteiger charge is 2.01. The molecule has 0 aliphatic rings. The molecule has 0 spiro atoms. The maximum absolute atomic E-state index is 11.2. The van der Waals surface area contributed by atoms with Gasteiger partial charge in [0.05, 0.1) is 13.2 Å². The van der Waals surface area contributed by atoms with Crippen molar-refractivity contribution in [3.8, 4) is 0 Å². The summed E-state index contributed by atoms with van der Waals surface area (Å²) in [6, 6.07) is 0. The van der Waals surface area contributed by atoms with Crippen molar-refractivity contribution in [1.82, 2.24) is 0 Å². The number of allylic oxidation sites excluding steroid dienone is 4. The Morgan fingerprint density at radius 1 is 1.40 bits per heavy atom. The normalized spacial score (nSPS) is 13.3. The molecule has 0 bridgehead atoms. The van der Waals surface area contributed by atoms with Crippen LogP contribution >= 0.6 is 0 Å². The molecular formula is C12H18O3. The highest BCUT2D eigenvalue weighted by molar-refractivity contribution is 5.88. The van der Waals surface area contributed by atoms with Crippen LogP contribution in [0, 0.1) is 0 Å². The van der Waals surface area contributed by atoms with Crippen LogP contribution in [0.4, 0.5) is 0 Å². The fourth-order valence-corrected chi connectivity index (χ4v) is 0.869. The van der Waals surface area contributed by atoms with Crippen LogP contribution in [-0.4, -0.2) is 24.3 Å². The SMILES string of the molecule is CCOC(=O)/C(C)=C/C=C\C(C)=C\CO. The predicted molar refractivity (Wildman–Crippen MR) is 60.4 cm³/mol. The molecule has 0 aliphatic heterocycles. The van der Waals surface area contributed by atoms with Gasteiger partial charge in [0.1, 0.15) is 0 Å². The number of carbonyl (C=O) groups is 1. The van der Waals surface area contributed by atoms with Crippen molar-refractivity contribution in [3.63, 3.8) is 0 Å². The third kappa shape index (κ3) is 6.69. The van der Waals surface area contributed by atoms with Gasteiger partial charge in [-0.3, -0.25) is 0 Å². The maximum Gasteiger partial charge on any atom is 0.333 e. The van der Waals surface area contributed by atoms with Crippen molar-refractivity contribution in [2.45, 2.75) is 20.8 Å². The van der Waals surface area contributed by atoms with Gasteiger partial charge in [0.2, 0.25) is 0 Å². The Hall–Kier alpha value is -1.35. The van der Waals surface area contributed by atoms with Gasteiger partial charge in [-0.15, -0.1) is 0 Å². The summed E-state index contributed by atoms with van der Waals surface area (Å²) in [7, 11) is 0. The summed E-state index contributed by atoms with van der Waals surface area (Å²) < 4.78 is 4.81. The van der Waals surface area contributed by atoms with Gasteiger partial charge >= 0.3 is 5.97 Å². The first-order chi connectivity index (χ1) is 7.11. The molecule has 84 valence electrons. The van der Waals surface area contributed by atoms with E-state index in [4.69, 9.17) is 9.84 Å². The monoisotopic (exact) mass is 210 g/mol. The lowest BCUT2D eigenvalue weighted by Crippen LogP contribution is -2.04. The number of esters is 1. The zero-order valence-corrected chi connectivity index (χ0v) is 9.49. The van der Waals surface area contributed by atoms with Gasteiger partial charge in [0, 0.05) is 5.57 Å². The molecule has 0 radical (unpaired) electrons. The van der Waals surface area contributed by atoms with Crippen molar-refractivity contribution in [1.29, 1.82) is 0 Å². The second-order valence-corrected chi connectivity index (χ2v) is 3.06. The average molecular weight is 210 g/mol. The summed E-state index contributed by atoms with van der Waals surface area (Å²) in [6.45, 7) is 5.76. The summed E-state index contributed by atoms with van der Waals surface area (Å²) in [5.41, 5.74) is 1.51. The zero-order chi connectivity index (χ0) is 11.7. The van der Waals surface area contributed by atoms with Crippen molar-refractivity contribution in [2.24, 2.45) is 0 Å². The maximum atomic E-state index is 11.2. The number of hydrogen-bond acceptors (Lipinski definition) is 3. The smallest absolute Gasteiger partial charge is 0.333 e. The Kier molecular flexibility index (Phi) is 7.28. The van der Waals surface area contributed by atoms with E-state index >= 15 is 0 Å². The summed E-state index contributed by atoms with van der Waals surface area (Å²) in [6.07, 6.45) is 6.95. The Labute approximate surface area is 90.8 Å². The topological polar surface area (TPSA) is 46.5 Å². The van der Waals surface area contributed by atoms with Gasteiger partial charge in [-0.2, -0.15) is 0 Å². The fraction of sp³-hybridized carbons (Fsp3) is 0.417. The van der Waals surface area contributed by atoms with E-state index in [2.05, 4.69) is 0 Å². The molecule has 0 aromatic heterocycles. The van der Waals surface area contributed by atoms with E-state index in [1.807, 2.05) is 13.0 Å². The van der Waals surface area contributed by atoms with Crippen molar-refractivity contribution < 1.29 is 14.6 Å². The van der Waals surface area contributed by atoms with Crippen LogP contribution in [0.5, 0.6) is 0 Å². The Morgan fingerprint density at radius 2 is 2.07 bits per heavy atom. The van der Waals surface area contributed by atoms with Crippen LogP contribution in [0.1, 0.15) is 20.8 Å². The number of rotatable bonds is 5. The Balaban J connectivity index is 4.27. The number of aliphatic hydroxyl groups excluding tert-OH is 1. The van der Waals surface area contributed by atoms with E-state index in [1.165, 1.54) is 0 Å². The lowest BCUT2D eigenvalue weighted by atomic mass is 10.2. The fourth-order valence-electron chi connectivity index (χ4n) is 0.869. The number of ether oxygens (including phenoxy) is 1. The van der Waals surface area contributed by atoms with Crippen LogP contribution in [0.15, 0.2) is 35.5 Å². The highest BCUT2D eigenvalue weighted by Crippen LogP contribution is 1.99. The average Bonchev–Trinajstić information content (AvgIpc) is 2.18. The Bertz CT molecular complexity index is 285. The lowest BCUT2D eigenvalue weighted by Gasteiger charge is -1.99. The summed E-state index contributed by atoms with van der Waals surface area (Å²) in [5, 5.41) is 8.60. The molecular weight excluding hydrogens is 192 g/mol. The molecule has 3 heteroatoms. The van der Waals surface area contributed by atoms with Gasteiger partial charge in [-0.25, -0.2) is 4.79 Å². The van der Waals surface area contributed by atoms with Gasteiger partial charge in [-0.05, 0) is 20.8 Å². The van der Waals surface area contributed by atoms with Crippen LogP contribution in [0.25, 0.3) is 0 Å². The van der Waals surface area contributed by atoms with Crippen molar-refractivity contribution in [2.75, 3.05) is 13.2 Å². The standard InChI is InChI=1S/C12H18O3/c1-4-15-12(14)11(3)7-5-6-10(2)8-9-13/h5-8,13H,4,9H2,1-3H3/b6-5-,10-8+,11-7+. The summed E-state index contributed by atoms with van der Waals surface area (Å²) in [5.74, 6) is -0.300. The van der Waals surface area contributed by atoms with Gasteiger partial charge < -0.3 is 9.84 Å². The first kappa shape index (κ1) is 13.7. The first-order valence-corrected chi connectivity index (χ1v) is 4.91. The molecule has 0 saturated carbocycles. The Morgan fingerprint density at radius 3 is 2.60 bits per heavy atom. The van der Waals surface area contributed by atoms with Crippen molar-refractivity contribution in [3.05, 3.63) is 35.5 Å². The van der Waals surface area contributed by atoms with Gasteiger partial charge in [0.15, 0.2) is 0 Å². The van der Waals surface area contributed by atoms with Crippen LogP contribution in [-0.2, 0) is 9.53 Å². The van der Waals surface area contributed by atoms with E-state index in [1.54, 1.807) is 32.1 Å². The predicted octanol–water partition coefficient (Wildman–Crippen LogP) is 1.99. The zero-order valence-electron chi connectivity index (χ0n) is 9.49. The highest BCUT2D eigenvalue weighted by atomic mass is 16.5. The van der Waals surface area contributed by atoms with E-state index in [0.29, 0.717) is 12.2 Å². The van der Waals surface area contributed by atoms with Crippen LogP contribution < -0.4 is 0 Å². The molecule has 0 aromatic carbocycles. The lowest BCUT2D eigenvalue weighted by molar-refractivity contribution is -0.138. The molecule has 0 unspecified atom stereocenters. The third-order valence-corrected chi connectivity index (χ3v) is 1.72. The van der Waals surface area contributed by atoms with E-state index in [9.17, 15) is 4.79 Å². The number of aliphatic hydroxyl groups is 1. The van der Waals surface area contributed by atoms with Crippen LogP contribution in [0.2, 0.25) is 0 Å². The number of carbonyl (C=O) groups excluding carboxylic acids is 1. The molecule has 0 heterocycles. The molecule has 0 atom stereocenters. The molecule has 15 heavy (non-hydrogen) atoms. The minimum Gasteiger partial charge on any atom is -0.463 e. The van der Waals surface area contributed by atoms with E-state index in [-0.39, 0.29) is 12.6 Å². The molecule has 0 fully saturated rings. The minimum atomic E-state index is -0.300. The largest absolute Gasteiger partial charge is 0.463 e. The first-order valence-electron chi connectivity index (χ1n) is 4.91. The van der Waals surface area contributed by atoms with E-state index in [0.717, 1.165) is 5.57 Å². The molecule has 0 aliphatic carbocycles. The molecule has 1 N–H and O–H groups in total. The van der Waals surface area contributed by atoms with Gasteiger partial charge in [-0.1, -0.05) is 29.9 Å². The van der Waals surface area contributed by atoms with Crippen molar-refractivity contribution >= 4 is 5.97 Å². The van der Waals surface area contributed by atoms with E-state index < -0.39 is 0 Å². The molecule has 0 aromatic rings. The second kappa shape index (κ2) is 8.00. The second-order valence-electron chi connectivity index (χ2n) is 3.06. The summed E-state index contributed by atoms with van der Waals surface area (Å²) in [4.78, 5) is 11.2. The van der Waals surface area contributed by atoms with Gasteiger partial charge in [0.25, 0.3) is 0 Å². The molecule has 0 rings (SSSR count). The molecule has 0 amide bonds. The van der Waals surface area contributed by atoms with Crippen LogP contribution in [0.3, 0.4) is 0 Å². The third-order valence-electron chi connectivity index (χ3n) is 1.72. The summed E-state index contributed by atoms with van der Waals surface area (Å²) >= 11 is 0. The minimum absolute atomic E-state index is 0.0245.